The summed E-state index contributed by atoms with van der Waals surface area (Å²) < 4.78 is -0.0653. The summed E-state index contributed by atoms with van der Waals surface area (Å²) in [6.07, 6.45) is 10.8. The minimum atomic E-state index is -0.0653. The summed E-state index contributed by atoms with van der Waals surface area (Å²) in [5, 5.41) is 14.4. The average Bonchev–Trinajstić information content (AvgIpc) is 3.17. The monoisotopic (exact) mass is 363 g/mol. The molecule has 1 saturated carbocycles. The van der Waals surface area contributed by atoms with E-state index in [0.717, 1.165) is 12.8 Å². The number of hydrogen-bond donors (Lipinski definition) is 2. The molecule has 4 heteroatoms. The Kier molecular flexibility index (Phi) is 5.20. The zero-order valence-electron chi connectivity index (χ0n) is 15.2. The second-order valence-electron chi connectivity index (χ2n) is 7.66. The van der Waals surface area contributed by atoms with Crippen molar-refractivity contribution in [2.75, 3.05) is 5.75 Å². The summed E-state index contributed by atoms with van der Waals surface area (Å²) >= 11 is 3.90. The lowest BCUT2D eigenvalue weighted by Gasteiger charge is -2.35. The summed E-state index contributed by atoms with van der Waals surface area (Å²) in [4.78, 5) is 1.29. The van der Waals surface area contributed by atoms with Gasteiger partial charge in [-0.3, -0.25) is 0 Å². The van der Waals surface area contributed by atoms with Crippen LogP contribution in [0.25, 0.3) is 0 Å². The van der Waals surface area contributed by atoms with Crippen molar-refractivity contribution >= 4 is 23.5 Å². The van der Waals surface area contributed by atoms with Gasteiger partial charge in [-0.1, -0.05) is 20.3 Å². The van der Waals surface area contributed by atoms with Gasteiger partial charge < -0.3 is 10.4 Å². The molecule has 3 aliphatic rings. The highest BCUT2D eigenvalue weighted by atomic mass is 32.2. The fourth-order valence-electron chi connectivity index (χ4n) is 3.45. The number of rotatable bonds is 6. The average molecular weight is 364 g/mol. The van der Waals surface area contributed by atoms with Gasteiger partial charge in [0, 0.05) is 17.4 Å². The lowest BCUT2D eigenvalue weighted by molar-refractivity contribution is 0.286. The Hall–Kier alpha value is -0.700. The van der Waals surface area contributed by atoms with Crippen LogP contribution in [-0.4, -0.2) is 21.0 Å². The van der Waals surface area contributed by atoms with Gasteiger partial charge in [-0.05, 0) is 56.8 Å². The molecule has 1 heterocycles. The first-order valence-corrected chi connectivity index (χ1v) is 10.9. The molecule has 2 nitrogen and oxygen atoms in total. The summed E-state index contributed by atoms with van der Waals surface area (Å²) in [5.41, 5.74) is 5.26. The van der Waals surface area contributed by atoms with Crippen molar-refractivity contribution in [3.63, 3.8) is 0 Å². The lowest BCUT2D eigenvalue weighted by atomic mass is 9.82. The number of allylic oxidation sites excluding steroid dienone is 3. The van der Waals surface area contributed by atoms with Gasteiger partial charge in [0.05, 0.1) is 15.4 Å². The molecule has 132 valence electrons. The molecule has 2 aliphatic carbocycles. The van der Waals surface area contributed by atoms with Crippen LogP contribution in [0.5, 0.6) is 0 Å². The molecule has 24 heavy (non-hydrogen) atoms. The van der Waals surface area contributed by atoms with Crippen molar-refractivity contribution in [3.8, 4) is 0 Å². The zero-order chi connectivity index (χ0) is 17.4. The van der Waals surface area contributed by atoms with Crippen molar-refractivity contribution in [1.29, 1.82) is 0 Å². The van der Waals surface area contributed by atoms with Gasteiger partial charge in [0.2, 0.25) is 0 Å². The normalized spacial score (nSPS) is 32.8. The Morgan fingerprint density at radius 2 is 2.21 bits per heavy atom. The lowest BCUT2D eigenvalue weighted by Crippen LogP contribution is -2.36. The molecular weight excluding hydrogens is 334 g/mol. The quantitative estimate of drug-likeness (QED) is 0.588. The molecule has 1 saturated heterocycles. The van der Waals surface area contributed by atoms with E-state index in [2.05, 4.69) is 37.9 Å². The van der Waals surface area contributed by atoms with Crippen molar-refractivity contribution in [2.24, 2.45) is 11.3 Å². The Morgan fingerprint density at radius 1 is 1.46 bits per heavy atom. The van der Waals surface area contributed by atoms with Gasteiger partial charge in [0.25, 0.3) is 0 Å². The van der Waals surface area contributed by atoms with Crippen molar-refractivity contribution in [1.82, 2.24) is 5.32 Å². The molecule has 0 spiro atoms. The highest BCUT2D eigenvalue weighted by Gasteiger charge is 2.49. The molecule has 0 amide bonds. The molecule has 2 fully saturated rings. The highest BCUT2D eigenvalue weighted by Crippen LogP contribution is 2.55. The Balaban J connectivity index is 1.78. The first-order valence-electron chi connectivity index (χ1n) is 9.01. The zero-order valence-corrected chi connectivity index (χ0v) is 16.8. The van der Waals surface area contributed by atoms with E-state index in [0.29, 0.717) is 11.2 Å². The summed E-state index contributed by atoms with van der Waals surface area (Å²) in [5.74, 6) is 1.91. The van der Waals surface area contributed by atoms with Crippen LogP contribution < -0.4 is 5.32 Å². The fourth-order valence-corrected chi connectivity index (χ4v) is 6.51. The van der Waals surface area contributed by atoms with Crippen LogP contribution in [0.15, 0.2) is 40.3 Å². The van der Waals surface area contributed by atoms with E-state index in [9.17, 15) is 5.11 Å². The third-order valence-corrected chi connectivity index (χ3v) is 8.65. The van der Waals surface area contributed by atoms with E-state index >= 15 is 0 Å². The molecule has 0 aromatic rings. The second kappa shape index (κ2) is 6.90. The van der Waals surface area contributed by atoms with Gasteiger partial charge in [0.15, 0.2) is 0 Å². The molecule has 0 aromatic carbocycles. The van der Waals surface area contributed by atoms with Gasteiger partial charge >= 0.3 is 0 Å². The molecule has 1 aliphatic heterocycles. The molecule has 0 aromatic heterocycles. The Bertz CT molecular complexity index is 626. The van der Waals surface area contributed by atoms with E-state index in [-0.39, 0.29) is 16.0 Å². The Morgan fingerprint density at radius 3 is 2.83 bits per heavy atom. The Labute approximate surface area is 154 Å². The number of aliphatic hydroxyl groups excluding tert-OH is 1. The first kappa shape index (κ1) is 18.1. The molecule has 0 bridgehead atoms. The topological polar surface area (TPSA) is 32.3 Å². The molecule has 3 rings (SSSR count). The van der Waals surface area contributed by atoms with Crippen LogP contribution in [0.3, 0.4) is 0 Å². The van der Waals surface area contributed by atoms with Crippen LogP contribution in [0, 0.1) is 11.3 Å². The number of aliphatic hydroxyl groups is 1. The molecule has 2 N–H and O–H groups in total. The fraction of sp³-hybridized carbons (Fsp3) is 0.650. The molecule has 3 atom stereocenters. The highest BCUT2D eigenvalue weighted by molar-refractivity contribution is 8.07. The molecule has 3 unspecified atom stereocenters. The van der Waals surface area contributed by atoms with Gasteiger partial charge in [-0.15, -0.1) is 29.3 Å². The van der Waals surface area contributed by atoms with Crippen LogP contribution in [-0.2, 0) is 0 Å². The number of nitrogens with one attached hydrogen (secondary N) is 1. The largest absolute Gasteiger partial charge is 0.512 e. The van der Waals surface area contributed by atoms with Crippen molar-refractivity contribution in [3.05, 3.63) is 40.3 Å². The maximum Gasteiger partial charge on any atom is 0.112 e. The van der Waals surface area contributed by atoms with Gasteiger partial charge in [-0.25, -0.2) is 0 Å². The first-order chi connectivity index (χ1) is 11.4. The van der Waals surface area contributed by atoms with E-state index in [1.807, 2.05) is 42.6 Å². The van der Waals surface area contributed by atoms with E-state index in [1.54, 1.807) is 0 Å². The maximum atomic E-state index is 10.4. The van der Waals surface area contributed by atoms with E-state index in [1.165, 1.54) is 29.2 Å². The van der Waals surface area contributed by atoms with Gasteiger partial charge in [0.1, 0.15) is 5.37 Å². The summed E-state index contributed by atoms with van der Waals surface area (Å²) in [7, 11) is 0. The van der Waals surface area contributed by atoms with Crippen LogP contribution >= 0.6 is 23.5 Å². The third-order valence-electron chi connectivity index (χ3n) is 5.41. The van der Waals surface area contributed by atoms with Crippen LogP contribution in [0.1, 0.15) is 53.4 Å². The molecule has 0 radical (unpaired) electrons. The van der Waals surface area contributed by atoms with Crippen molar-refractivity contribution in [2.45, 2.75) is 63.5 Å². The minimum Gasteiger partial charge on any atom is -0.512 e. The number of hydrogen-bond acceptors (Lipinski definition) is 4. The van der Waals surface area contributed by atoms with Crippen molar-refractivity contribution < 1.29 is 5.11 Å². The van der Waals surface area contributed by atoms with E-state index < -0.39 is 0 Å². The predicted octanol–water partition coefficient (Wildman–Crippen LogP) is 5.76. The van der Waals surface area contributed by atoms with Gasteiger partial charge in [-0.2, -0.15) is 0 Å². The van der Waals surface area contributed by atoms with Crippen LogP contribution in [0.4, 0.5) is 0 Å². The standard InChI is InChI=1S/C20H29NOS2/c1-5-7-14-15(22)9-10-17-20(14,4)24-18(21-17)16(8-6-2)23-13-19(3)11-12-19/h6,9-10,14,18,21-22H,5,7,11-13H2,1-4H3. The number of thioether (sulfide) groups is 2. The smallest absolute Gasteiger partial charge is 0.112 e. The number of fused-ring (bicyclic) bond motifs is 1. The SMILES string of the molecule is CC=C=C(SCC1(C)CC1)C1NC2=CC=C(O)C(CCC)C2(C)S1. The van der Waals surface area contributed by atoms with E-state index in [4.69, 9.17) is 0 Å². The summed E-state index contributed by atoms with van der Waals surface area (Å²) in [6.45, 7) is 8.89. The predicted molar refractivity (Wildman–Crippen MR) is 107 cm³/mol. The maximum absolute atomic E-state index is 10.4. The summed E-state index contributed by atoms with van der Waals surface area (Å²) in [6, 6.07) is 0. The molecular formula is C20H29NOS2. The van der Waals surface area contributed by atoms with Crippen LogP contribution in [0.2, 0.25) is 0 Å². The minimum absolute atomic E-state index is 0.0653. The third kappa shape index (κ3) is 3.47. The second-order valence-corrected chi connectivity index (χ2v) is 10.2.